The molecule has 2 atom stereocenters. The van der Waals surface area contributed by atoms with Crippen molar-refractivity contribution in [3.8, 4) is 0 Å². The Bertz CT molecular complexity index is 553. The highest BCUT2D eigenvalue weighted by atomic mass is 32.2. The molecular weight excluding hydrogens is 288 g/mol. The van der Waals surface area contributed by atoms with Gasteiger partial charge in [0.1, 0.15) is 16.1 Å². The Morgan fingerprint density at radius 2 is 2.35 bits per heavy atom. The zero-order chi connectivity index (χ0) is 14.2. The van der Waals surface area contributed by atoms with Gasteiger partial charge in [0, 0.05) is 29.4 Å². The minimum Gasteiger partial charge on any atom is -0.367 e. The Morgan fingerprint density at radius 3 is 3.10 bits per heavy atom. The SMILES string of the molecule is CCOC1(c2nc(=S)c3c([nH]2)CSC3)CCCC(C)C1. The standard InChI is InChI=1S/C15H22N2OS2/c1-3-18-15(6-4-5-10(2)7-15)14-16-12-9-20-8-11(12)13(19)17-14/h10H,3-9H2,1-2H3,(H,16,17,19). The van der Waals surface area contributed by atoms with Gasteiger partial charge in [0.2, 0.25) is 0 Å². The summed E-state index contributed by atoms with van der Waals surface area (Å²) < 4.78 is 6.97. The van der Waals surface area contributed by atoms with Gasteiger partial charge in [-0.1, -0.05) is 25.6 Å². The molecule has 0 spiro atoms. The van der Waals surface area contributed by atoms with E-state index in [0.29, 0.717) is 5.92 Å². The zero-order valence-electron chi connectivity index (χ0n) is 12.2. The lowest BCUT2D eigenvalue weighted by atomic mass is 9.78. The zero-order valence-corrected chi connectivity index (χ0v) is 13.8. The summed E-state index contributed by atoms with van der Waals surface area (Å²) in [7, 11) is 0. The normalized spacial score (nSPS) is 29.4. The molecule has 2 unspecified atom stereocenters. The fourth-order valence-corrected chi connectivity index (χ4v) is 4.93. The van der Waals surface area contributed by atoms with Crippen LogP contribution in [0.1, 0.15) is 56.6 Å². The van der Waals surface area contributed by atoms with Crippen molar-refractivity contribution < 1.29 is 4.74 Å². The molecule has 0 amide bonds. The summed E-state index contributed by atoms with van der Waals surface area (Å²) in [6, 6.07) is 0. The minimum absolute atomic E-state index is 0.248. The summed E-state index contributed by atoms with van der Waals surface area (Å²) in [6.45, 7) is 5.10. The molecule has 3 rings (SSSR count). The van der Waals surface area contributed by atoms with E-state index >= 15 is 0 Å². The van der Waals surface area contributed by atoms with E-state index in [0.717, 1.165) is 41.4 Å². The largest absolute Gasteiger partial charge is 0.367 e. The van der Waals surface area contributed by atoms with Crippen LogP contribution in [0.5, 0.6) is 0 Å². The van der Waals surface area contributed by atoms with Crippen molar-refractivity contribution in [3.63, 3.8) is 0 Å². The molecule has 1 saturated carbocycles. The lowest BCUT2D eigenvalue weighted by Gasteiger charge is -2.39. The number of nitrogens with zero attached hydrogens (tertiary/aromatic N) is 1. The molecule has 0 aromatic carbocycles. The molecule has 1 aliphatic heterocycles. The van der Waals surface area contributed by atoms with Gasteiger partial charge in [0.05, 0.1) is 0 Å². The Balaban J connectivity index is 2.03. The molecule has 20 heavy (non-hydrogen) atoms. The van der Waals surface area contributed by atoms with Gasteiger partial charge in [-0.2, -0.15) is 11.8 Å². The fraction of sp³-hybridized carbons (Fsp3) is 0.733. The van der Waals surface area contributed by atoms with E-state index in [1.54, 1.807) is 0 Å². The highest BCUT2D eigenvalue weighted by Gasteiger charge is 2.40. The Kier molecular flexibility index (Phi) is 4.20. The van der Waals surface area contributed by atoms with Crippen LogP contribution in [0.15, 0.2) is 0 Å². The Labute approximate surface area is 129 Å². The van der Waals surface area contributed by atoms with Crippen LogP contribution in [-0.2, 0) is 21.8 Å². The number of ether oxygens (including phenoxy) is 1. The summed E-state index contributed by atoms with van der Waals surface area (Å²) in [4.78, 5) is 8.27. The molecule has 1 N–H and O–H groups in total. The smallest absolute Gasteiger partial charge is 0.140 e. The number of thioether (sulfide) groups is 1. The average Bonchev–Trinajstić information content (AvgIpc) is 2.88. The predicted octanol–water partition coefficient (Wildman–Crippen LogP) is 4.33. The van der Waals surface area contributed by atoms with Crippen molar-refractivity contribution in [3.05, 3.63) is 21.7 Å². The van der Waals surface area contributed by atoms with Crippen molar-refractivity contribution in [2.75, 3.05) is 6.61 Å². The highest BCUT2D eigenvalue weighted by Crippen LogP contribution is 2.42. The molecule has 0 saturated heterocycles. The molecular formula is C15H22N2OS2. The topological polar surface area (TPSA) is 37.9 Å². The lowest BCUT2D eigenvalue weighted by Crippen LogP contribution is -2.37. The number of H-pyrrole nitrogens is 1. The van der Waals surface area contributed by atoms with Gasteiger partial charge < -0.3 is 9.72 Å². The molecule has 0 radical (unpaired) electrons. The molecule has 0 bridgehead atoms. The van der Waals surface area contributed by atoms with Crippen LogP contribution in [-0.4, -0.2) is 16.6 Å². The van der Waals surface area contributed by atoms with Gasteiger partial charge in [0.25, 0.3) is 0 Å². The second-order valence-corrected chi connectivity index (χ2v) is 7.34. The third kappa shape index (κ3) is 2.55. The van der Waals surface area contributed by atoms with Crippen LogP contribution < -0.4 is 0 Å². The number of aromatic nitrogens is 2. The second kappa shape index (κ2) is 5.78. The van der Waals surface area contributed by atoms with E-state index in [1.165, 1.54) is 24.1 Å². The summed E-state index contributed by atoms with van der Waals surface area (Å²) in [5, 5.41) is 0. The average molecular weight is 310 g/mol. The molecule has 110 valence electrons. The molecule has 5 heteroatoms. The van der Waals surface area contributed by atoms with Crippen molar-refractivity contribution in [2.45, 2.75) is 56.6 Å². The molecule has 1 aromatic rings. The third-order valence-electron chi connectivity index (χ3n) is 4.41. The van der Waals surface area contributed by atoms with Crippen LogP contribution in [0.4, 0.5) is 0 Å². The van der Waals surface area contributed by atoms with Crippen LogP contribution in [0.2, 0.25) is 0 Å². The summed E-state index contributed by atoms with van der Waals surface area (Å²) in [6.07, 6.45) is 4.59. The van der Waals surface area contributed by atoms with Gasteiger partial charge in [-0.3, -0.25) is 0 Å². The second-order valence-electron chi connectivity index (χ2n) is 5.97. The first kappa shape index (κ1) is 14.5. The van der Waals surface area contributed by atoms with Crippen molar-refractivity contribution >= 4 is 24.0 Å². The van der Waals surface area contributed by atoms with Gasteiger partial charge in [0.15, 0.2) is 0 Å². The number of aromatic amines is 1. The number of fused-ring (bicyclic) bond motifs is 1. The molecule has 1 aliphatic carbocycles. The summed E-state index contributed by atoms with van der Waals surface area (Å²) >= 11 is 7.41. The first-order valence-electron chi connectivity index (χ1n) is 7.49. The van der Waals surface area contributed by atoms with Gasteiger partial charge in [-0.25, -0.2) is 4.98 Å². The van der Waals surface area contributed by atoms with E-state index in [-0.39, 0.29) is 5.60 Å². The molecule has 2 aliphatic rings. The van der Waals surface area contributed by atoms with Crippen LogP contribution in [0, 0.1) is 10.6 Å². The molecule has 1 aromatic heterocycles. The summed E-state index contributed by atoms with van der Waals surface area (Å²) in [5.74, 6) is 3.67. The van der Waals surface area contributed by atoms with Crippen molar-refractivity contribution in [1.29, 1.82) is 0 Å². The van der Waals surface area contributed by atoms with Gasteiger partial charge >= 0.3 is 0 Å². The van der Waals surface area contributed by atoms with E-state index in [1.807, 2.05) is 11.8 Å². The number of nitrogens with one attached hydrogen (secondary N) is 1. The van der Waals surface area contributed by atoms with E-state index in [4.69, 9.17) is 21.9 Å². The maximum absolute atomic E-state index is 6.19. The Hall–Kier alpha value is -0.390. The maximum Gasteiger partial charge on any atom is 0.140 e. The first-order valence-corrected chi connectivity index (χ1v) is 9.05. The number of hydrogen-bond donors (Lipinski definition) is 1. The molecule has 3 nitrogen and oxygen atoms in total. The van der Waals surface area contributed by atoms with Gasteiger partial charge in [-0.15, -0.1) is 0 Å². The predicted molar refractivity (Wildman–Crippen MR) is 85.4 cm³/mol. The fourth-order valence-electron chi connectivity index (χ4n) is 3.48. The third-order valence-corrected chi connectivity index (χ3v) is 5.73. The Morgan fingerprint density at radius 1 is 1.50 bits per heavy atom. The van der Waals surface area contributed by atoms with Crippen LogP contribution >= 0.6 is 24.0 Å². The number of rotatable bonds is 3. The van der Waals surface area contributed by atoms with E-state index < -0.39 is 0 Å². The van der Waals surface area contributed by atoms with Crippen molar-refractivity contribution in [2.24, 2.45) is 5.92 Å². The molecule has 2 heterocycles. The lowest BCUT2D eigenvalue weighted by molar-refractivity contribution is -0.0882. The van der Waals surface area contributed by atoms with Crippen molar-refractivity contribution in [1.82, 2.24) is 9.97 Å². The van der Waals surface area contributed by atoms with Crippen LogP contribution in [0.25, 0.3) is 0 Å². The highest BCUT2D eigenvalue weighted by molar-refractivity contribution is 7.98. The van der Waals surface area contributed by atoms with E-state index in [2.05, 4.69) is 18.8 Å². The van der Waals surface area contributed by atoms with E-state index in [9.17, 15) is 0 Å². The first-order chi connectivity index (χ1) is 9.64. The quantitative estimate of drug-likeness (QED) is 0.843. The summed E-state index contributed by atoms with van der Waals surface area (Å²) in [5.41, 5.74) is 2.24. The van der Waals surface area contributed by atoms with Crippen LogP contribution in [0.3, 0.4) is 0 Å². The molecule has 1 fully saturated rings. The monoisotopic (exact) mass is 310 g/mol. The number of hydrogen-bond acceptors (Lipinski definition) is 4. The minimum atomic E-state index is -0.248. The van der Waals surface area contributed by atoms with Gasteiger partial charge in [-0.05, 0) is 32.1 Å². The maximum atomic E-state index is 6.19.